The first kappa shape index (κ1) is 17.9. The summed E-state index contributed by atoms with van der Waals surface area (Å²) >= 11 is 6.02. The van der Waals surface area contributed by atoms with Gasteiger partial charge in [0.2, 0.25) is 10.0 Å². The number of fused-ring (bicyclic) bond motifs is 1. The molecule has 1 aromatic carbocycles. The zero-order chi connectivity index (χ0) is 18.3. The minimum Gasteiger partial charge on any atom is -0.314 e. The minimum absolute atomic E-state index is 0.0666. The van der Waals surface area contributed by atoms with E-state index in [1.807, 2.05) is 0 Å². The molecule has 26 heavy (non-hydrogen) atoms. The summed E-state index contributed by atoms with van der Waals surface area (Å²) in [5, 5.41) is 8.52. The third kappa shape index (κ3) is 3.04. The Hall–Kier alpha value is -1.51. The fraction of sp³-hybridized carbons (Fsp3) is 0.529. The van der Waals surface area contributed by atoms with Gasteiger partial charge in [0.25, 0.3) is 0 Å². The molecule has 140 valence electrons. The summed E-state index contributed by atoms with van der Waals surface area (Å²) in [7, 11) is -3.84. The topological polar surface area (TPSA) is 68.1 Å². The van der Waals surface area contributed by atoms with Crippen LogP contribution in [0.4, 0.5) is 4.39 Å². The van der Waals surface area contributed by atoms with Crippen LogP contribution in [0.5, 0.6) is 0 Å². The van der Waals surface area contributed by atoms with Gasteiger partial charge in [-0.2, -0.15) is 4.31 Å². The Morgan fingerprint density at radius 1 is 1.12 bits per heavy atom. The molecule has 1 unspecified atom stereocenters. The van der Waals surface area contributed by atoms with E-state index in [4.69, 9.17) is 11.6 Å². The summed E-state index contributed by atoms with van der Waals surface area (Å²) < 4.78 is 43.2. The molecule has 3 heterocycles. The highest BCUT2D eigenvalue weighted by molar-refractivity contribution is 7.89. The van der Waals surface area contributed by atoms with Crippen molar-refractivity contribution >= 4 is 21.6 Å². The van der Waals surface area contributed by atoms with Crippen molar-refractivity contribution in [3.05, 3.63) is 40.7 Å². The van der Waals surface area contributed by atoms with E-state index < -0.39 is 15.8 Å². The molecule has 0 spiro atoms. The average molecular weight is 399 g/mol. The van der Waals surface area contributed by atoms with Gasteiger partial charge >= 0.3 is 0 Å². The zero-order valence-electron chi connectivity index (χ0n) is 14.2. The molecule has 2 aliphatic rings. The number of sulfonamides is 1. The third-order valence-electron chi connectivity index (χ3n) is 5.12. The van der Waals surface area contributed by atoms with Crippen molar-refractivity contribution in [3.8, 4) is 0 Å². The van der Waals surface area contributed by atoms with E-state index >= 15 is 0 Å². The number of aromatic nitrogens is 3. The first-order chi connectivity index (χ1) is 12.5. The van der Waals surface area contributed by atoms with Gasteiger partial charge in [0.15, 0.2) is 5.82 Å². The second-order valence-corrected chi connectivity index (χ2v) is 9.05. The van der Waals surface area contributed by atoms with Crippen LogP contribution >= 0.6 is 11.6 Å². The number of hydrogen-bond acceptors (Lipinski definition) is 4. The smallest absolute Gasteiger partial charge is 0.245 e. The van der Waals surface area contributed by atoms with E-state index in [2.05, 4.69) is 14.8 Å². The molecule has 6 nitrogen and oxygen atoms in total. The second-order valence-electron chi connectivity index (χ2n) is 6.79. The predicted octanol–water partition coefficient (Wildman–Crippen LogP) is 3.32. The van der Waals surface area contributed by atoms with E-state index in [1.165, 1.54) is 10.4 Å². The highest BCUT2D eigenvalue weighted by Crippen LogP contribution is 2.38. The van der Waals surface area contributed by atoms with Crippen LogP contribution in [0.15, 0.2) is 23.1 Å². The van der Waals surface area contributed by atoms with Crippen LogP contribution < -0.4 is 0 Å². The number of halogens is 2. The Kier molecular flexibility index (Phi) is 4.75. The van der Waals surface area contributed by atoms with Crippen LogP contribution in [0.25, 0.3) is 0 Å². The van der Waals surface area contributed by atoms with E-state index in [-0.39, 0.29) is 16.0 Å². The lowest BCUT2D eigenvalue weighted by Gasteiger charge is -2.24. The predicted molar refractivity (Wildman–Crippen MR) is 94.9 cm³/mol. The molecular weight excluding hydrogens is 379 g/mol. The average Bonchev–Trinajstić information content (AvgIpc) is 3.16. The lowest BCUT2D eigenvalue weighted by molar-refractivity contribution is 0.370. The molecule has 1 saturated heterocycles. The van der Waals surface area contributed by atoms with Gasteiger partial charge in [-0.3, -0.25) is 0 Å². The minimum atomic E-state index is -3.84. The molecule has 4 rings (SSSR count). The molecule has 9 heteroatoms. The summed E-state index contributed by atoms with van der Waals surface area (Å²) in [5.74, 6) is 1.08. The highest BCUT2D eigenvalue weighted by atomic mass is 35.5. The molecule has 1 fully saturated rings. The van der Waals surface area contributed by atoms with Crippen molar-refractivity contribution in [2.45, 2.75) is 56.0 Å². The molecule has 2 aromatic rings. The van der Waals surface area contributed by atoms with E-state index in [0.717, 1.165) is 56.6 Å². The number of nitrogens with zero attached hydrogens (tertiary/aromatic N) is 4. The first-order valence-corrected chi connectivity index (χ1v) is 10.7. The number of benzene rings is 1. The van der Waals surface area contributed by atoms with Crippen molar-refractivity contribution in [2.24, 2.45) is 0 Å². The first-order valence-electron chi connectivity index (χ1n) is 8.87. The Labute approximate surface area is 157 Å². The largest absolute Gasteiger partial charge is 0.314 e. The van der Waals surface area contributed by atoms with Gasteiger partial charge in [-0.05, 0) is 43.9 Å². The normalized spacial score (nSPS) is 21.5. The fourth-order valence-electron chi connectivity index (χ4n) is 3.85. The molecule has 1 atom stereocenters. The van der Waals surface area contributed by atoms with Crippen LogP contribution in [0.2, 0.25) is 5.02 Å². The highest BCUT2D eigenvalue weighted by Gasteiger charge is 2.40. The molecule has 1 aromatic heterocycles. The summed E-state index contributed by atoms with van der Waals surface area (Å²) in [4.78, 5) is -0.0666. The van der Waals surface area contributed by atoms with Crippen molar-refractivity contribution in [1.82, 2.24) is 19.1 Å². The number of aryl methyl sites for hydroxylation is 1. The maximum absolute atomic E-state index is 13.3. The van der Waals surface area contributed by atoms with Crippen molar-refractivity contribution in [1.29, 1.82) is 0 Å². The maximum Gasteiger partial charge on any atom is 0.245 e. The van der Waals surface area contributed by atoms with Crippen molar-refractivity contribution in [3.63, 3.8) is 0 Å². The lowest BCUT2D eigenvalue weighted by Crippen LogP contribution is -2.32. The summed E-state index contributed by atoms with van der Waals surface area (Å²) in [5.41, 5.74) is 0. The maximum atomic E-state index is 13.3. The van der Waals surface area contributed by atoms with Crippen LogP contribution in [0.3, 0.4) is 0 Å². The molecule has 0 saturated carbocycles. The van der Waals surface area contributed by atoms with E-state index in [9.17, 15) is 12.8 Å². The zero-order valence-corrected chi connectivity index (χ0v) is 15.8. The number of rotatable bonds is 3. The van der Waals surface area contributed by atoms with E-state index in [1.54, 1.807) is 0 Å². The van der Waals surface area contributed by atoms with Gasteiger partial charge in [0, 0.05) is 19.5 Å². The Morgan fingerprint density at radius 2 is 1.96 bits per heavy atom. The molecule has 0 radical (unpaired) electrons. The summed E-state index contributed by atoms with van der Waals surface area (Å²) in [6, 6.07) is 3.02. The van der Waals surface area contributed by atoms with Gasteiger partial charge in [-0.15, -0.1) is 10.2 Å². The molecule has 0 N–H and O–H groups in total. The summed E-state index contributed by atoms with van der Waals surface area (Å²) in [6.07, 6.45) is 5.56. The van der Waals surface area contributed by atoms with Crippen LogP contribution in [0, 0.1) is 5.82 Å². The van der Waals surface area contributed by atoms with Gasteiger partial charge in [0.1, 0.15) is 16.5 Å². The lowest BCUT2D eigenvalue weighted by atomic mass is 10.2. The van der Waals surface area contributed by atoms with Gasteiger partial charge in [-0.1, -0.05) is 18.0 Å². The van der Waals surface area contributed by atoms with Crippen LogP contribution in [0.1, 0.15) is 49.8 Å². The Bertz CT molecular complexity index is 931. The van der Waals surface area contributed by atoms with Gasteiger partial charge < -0.3 is 4.57 Å². The molecule has 0 amide bonds. The SMILES string of the molecule is O=S(=O)(c1ccc(F)cc1Cl)N1CCCC1c1nnc2n1CCCCC2. The van der Waals surface area contributed by atoms with Crippen LogP contribution in [-0.2, 0) is 23.0 Å². The second kappa shape index (κ2) is 6.90. The monoisotopic (exact) mass is 398 g/mol. The Morgan fingerprint density at radius 3 is 2.77 bits per heavy atom. The standard InChI is InChI=1S/C17H20ClFN4O2S/c18-13-11-12(19)7-8-15(13)26(24,25)23-10-4-5-14(23)17-21-20-16-6-2-1-3-9-22(16)17/h7-8,11,14H,1-6,9-10H2. The molecule has 0 bridgehead atoms. The van der Waals surface area contributed by atoms with Crippen LogP contribution in [-0.4, -0.2) is 34.0 Å². The third-order valence-corrected chi connectivity index (χ3v) is 7.51. The summed E-state index contributed by atoms with van der Waals surface area (Å²) in [6.45, 7) is 1.21. The van der Waals surface area contributed by atoms with Gasteiger partial charge in [0.05, 0.1) is 11.1 Å². The van der Waals surface area contributed by atoms with Crippen molar-refractivity contribution in [2.75, 3.05) is 6.54 Å². The molecule has 0 aliphatic carbocycles. The fourth-order valence-corrected chi connectivity index (χ4v) is 6.01. The van der Waals surface area contributed by atoms with Gasteiger partial charge in [-0.25, -0.2) is 12.8 Å². The number of hydrogen-bond donors (Lipinski definition) is 0. The van der Waals surface area contributed by atoms with Crippen molar-refractivity contribution < 1.29 is 12.8 Å². The van der Waals surface area contributed by atoms with E-state index in [0.29, 0.717) is 18.8 Å². The Balaban J connectivity index is 1.72. The quantitative estimate of drug-likeness (QED) is 0.795. The molecular formula is C17H20ClFN4O2S. The molecule has 2 aliphatic heterocycles.